The van der Waals surface area contributed by atoms with Gasteiger partial charge < -0.3 is 15.2 Å². The molecule has 0 fully saturated rings. The van der Waals surface area contributed by atoms with Crippen LogP contribution in [0.2, 0.25) is 0 Å². The summed E-state index contributed by atoms with van der Waals surface area (Å²) in [6.45, 7) is 4.22. The lowest BCUT2D eigenvalue weighted by molar-refractivity contribution is -0.144. The Bertz CT molecular complexity index is 468. The van der Waals surface area contributed by atoms with Gasteiger partial charge >= 0.3 is 5.97 Å². The molecule has 1 rings (SSSR count). The van der Waals surface area contributed by atoms with Crippen LogP contribution < -0.4 is 10.1 Å². The van der Waals surface area contributed by atoms with Crippen LogP contribution in [0.5, 0.6) is 5.75 Å². The second-order valence-corrected chi connectivity index (χ2v) is 4.70. The molecular formula is C14H19F2NO3. The Labute approximate surface area is 116 Å². The second-order valence-electron chi connectivity index (χ2n) is 4.70. The summed E-state index contributed by atoms with van der Waals surface area (Å²) in [5, 5.41) is 12.1. The third-order valence-electron chi connectivity index (χ3n) is 3.02. The lowest BCUT2D eigenvalue weighted by Gasteiger charge is -2.25. The molecule has 0 amide bonds. The Kier molecular flexibility index (Phi) is 5.88. The van der Waals surface area contributed by atoms with Gasteiger partial charge in [-0.05, 0) is 38.4 Å². The first kappa shape index (κ1) is 16.4. The number of ether oxygens (including phenoxy) is 1. The van der Waals surface area contributed by atoms with Crippen LogP contribution in [-0.4, -0.2) is 29.8 Å². The van der Waals surface area contributed by atoms with Crippen molar-refractivity contribution in [2.75, 3.05) is 13.2 Å². The van der Waals surface area contributed by atoms with Gasteiger partial charge in [0.2, 0.25) is 0 Å². The van der Waals surface area contributed by atoms with Gasteiger partial charge in [0.15, 0.2) is 11.6 Å². The van der Waals surface area contributed by atoms with Crippen LogP contribution >= 0.6 is 0 Å². The van der Waals surface area contributed by atoms with E-state index in [4.69, 9.17) is 9.84 Å². The fraction of sp³-hybridized carbons (Fsp3) is 0.500. The Morgan fingerprint density at radius 1 is 1.40 bits per heavy atom. The molecule has 0 aliphatic rings. The molecule has 4 nitrogen and oxygen atoms in total. The molecule has 112 valence electrons. The highest BCUT2D eigenvalue weighted by Crippen LogP contribution is 2.17. The molecule has 0 saturated carbocycles. The van der Waals surface area contributed by atoms with E-state index in [2.05, 4.69) is 5.32 Å². The van der Waals surface area contributed by atoms with E-state index >= 15 is 0 Å². The zero-order valence-corrected chi connectivity index (χ0v) is 11.6. The molecule has 0 radical (unpaired) electrons. The van der Waals surface area contributed by atoms with Gasteiger partial charge in [0, 0.05) is 6.07 Å². The first-order chi connectivity index (χ1) is 9.39. The third kappa shape index (κ3) is 4.45. The van der Waals surface area contributed by atoms with Crippen LogP contribution in [0, 0.1) is 11.6 Å². The van der Waals surface area contributed by atoms with Crippen LogP contribution in [0.4, 0.5) is 8.78 Å². The summed E-state index contributed by atoms with van der Waals surface area (Å²) in [4.78, 5) is 11.2. The monoisotopic (exact) mass is 287 g/mol. The lowest BCUT2D eigenvalue weighted by Crippen LogP contribution is -2.49. The van der Waals surface area contributed by atoms with Crippen LogP contribution in [0.25, 0.3) is 0 Å². The van der Waals surface area contributed by atoms with Crippen LogP contribution in [0.15, 0.2) is 18.2 Å². The van der Waals surface area contributed by atoms with Crippen LogP contribution in [0.3, 0.4) is 0 Å². The largest absolute Gasteiger partial charge is 0.493 e. The van der Waals surface area contributed by atoms with Gasteiger partial charge in [0.1, 0.15) is 11.3 Å². The zero-order chi connectivity index (χ0) is 15.2. The Balaban J connectivity index is 2.44. The van der Waals surface area contributed by atoms with Crippen molar-refractivity contribution in [3.05, 3.63) is 29.8 Å². The minimum absolute atomic E-state index is 0.226. The normalized spacial score (nSPS) is 13.8. The van der Waals surface area contributed by atoms with Gasteiger partial charge in [0.25, 0.3) is 0 Å². The molecule has 6 heteroatoms. The van der Waals surface area contributed by atoms with Gasteiger partial charge in [-0.3, -0.25) is 4.79 Å². The predicted molar refractivity (Wildman–Crippen MR) is 70.8 cm³/mol. The summed E-state index contributed by atoms with van der Waals surface area (Å²) in [5.41, 5.74) is -1.01. The lowest BCUT2D eigenvalue weighted by atomic mass is 9.96. The third-order valence-corrected chi connectivity index (χ3v) is 3.02. The fourth-order valence-electron chi connectivity index (χ4n) is 1.84. The quantitative estimate of drug-likeness (QED) is 0.722. The highest BCUT2D eigenvalue weighted by atomic mass is 19.2. The molecule has 1 aromatic carbocycles. The molecule has 0 aliphatic carbocycles. The summed E-state index contributed by atoms with van der Waals surface area (Å²) in [6.07, 6.45) is 0.856. The van der Waals surface area contributed by atoms with E-state index in [-0.39, 0.29) is 12.4 Å². The topological polar surface area (TPSA) is 58.6 Å². The number of hydrogen-bond donors (Lipinski definition) is 2. The first-order valence-corrected chi connectivity index (χ1v) is 6.45. The summed E-state index contributed by atoms with van der Waals surface area (Å²) >= 11 is 0. The average Bonchev–Trinajstić information content (AvgIpc) is 2.39. The standard InChI is InChI=1S/C14H19F2NO3/c1-3-17-14(2,13(18)19)7-4-8-20-10-5-6-11(15)12(16)9-10/h5-6,9,17H,3-4,7-8H2,1-2H3,(H,18,19). The van der Waals surface area contributed by atoms with Crippen molar-refractivity contribution < 1.29 is 23.4 Å². The van der Waals surface area contributed by atoms with Crippen LogP contribution in [-0.2, 0) is 4.79 Å². The van der Waals surface area contributed by atoms with Gasteiger partial charge in [-0.1, -0.05) is 6.92 Å². The molecule has 2 N–H and O–H groups in total. The van der Waals surface area contributed by atoms with Crippen molar-refractivity contribution in [3.8, 4) is 5.75 Å². The summed E-state index contributed by atoms with van der Waals surface area (Å²) < 4.78 is 30.9. The van der Waals surface area contributed by atoms with Crippen molar-refractivity contribution >= 4 is 5.97 Å². The van der Waals surface area contributed by atoms with Gasteiger partial charge in [-0.2, -0.15) is 0 Å². The second kappa shape index (κ2) is 7.19. The number of carboxylic acid groups (broad SMARTS) is 1. The zero-order valence-electron chi connectivity index (χ0n) is 11.6. The number of likely N-dealkylation sites (N-methyl/N-ethyl adjacent to an activating group) is 1. The summed E-state index contributed by atoms with van der Waals surface area (Å²) in [7, 11) is 0. The van der Waals surface area contributed by atoms with E-state index in [9.17, 15) is 13.6 Å². The first-order valence-electron chi connectivity index (χ1n) is 6.45. The van der Waals surface area contributed by atoms with Crippen molar-refractivity contribution in [1.82, 2.24) is 5.32 Å². The summed E-state index contributed by atoms with van der Waals surface area (Å²) in [5.74, 6) is -2.59. The Morgan fingerprint density at radius 3 is 2.65 bits per heavy atom. The molecule has 0 saturated heterocycles. The maximum Gasteiger partial charge on any atom is 0.323 e. The maximum atomic E-state index is 12.9. The van der Waals surface area contributed by atoms with Crippen molar-refractivity contribution in [3.63, 3.8) is 0 Å². The summed E-state index contributed by atoms with van der Waals surface area (Å²) in [6, 6.07) is 3.29. The van der Waals surface area contributed by atoms with Gasteiger partial charge in [-0.15, -0.1) is 0 Å². The highest BCUT2D eigenvalue weighted by molar-refractivity contribution is 5.78. The molecule has 0 aliphatic heterocycles. The van der Waals surface area contributed by atoms with E-state index in [1.165, 1.54) is 6.07 Å². The molecule has 0 heterocycles. The minimum atomic E-state index is -1.01. The van der Waals surface area contributed by atoms with Gasteiger partial charge in [0.05, 0.1) is 6.61 Å². The number of benzene rings is 1. The molecule has 0 bridgehead atoms. The number of carboxylic acids is 1. The van der Waals surface area contributed by atoms with E-state index in [1.807, 2.05) is 6.92 Å². The Morgan fingerprint density at radius 2 is 2.10 bits per heavy atom. The van der Waals surface area contributed by atoms with Gasteiger partial charge in [-0.25, -0.2) is 8.78 Å². The number of carbonyl (C=O) groups is 1. The smallest absolute Gasteiger partial charge is 0.323 e. The van der Waals surface area contributed by atoms with E-state index in [1.54, 1.807) is 6.92 Å². The fourth-order valence-corrected chi connectivity index (χ4v) is 1.84. The molecule has 1 aromatic rings. The molecular weight excluding hydrogens is 268 g/mol. The van der Waals surface area contributed by atoms with Crippen molar-refractivity contribution in [2.24, 2.45) is 0 Å². The SMILES string of the molecule is CCNC(C)(CCCOc1ccc(F)c(F)c1)C(=O)O. The van der Waals surface area contributed by atoms with E-state index < -0.39 is 23.1 Å². The van der Waals surface area contributed by atoms with Crippen molar-refractivity contribution in [2.45, 2.75) is 32.2 Å². The molecule has 0 aromatic heterocycles. The maximum absolute atomic E-state index is 12.9. The van der Waals surface area contributed by atoms with E-state index in [0.717, 1.165) is 12.1 Å². The highest BCUT2D eigenvalue weighted by Gasteiger charge is 2.31. The number of nitrogens with one attached hydrogen (secondary N) is 1. The molecule has 1 unspecified atom stereocenters. The van der Waals surface area contributed by atoms with Crippen LogP contribution in [0.1, 0.15) is 26.7 Å². The minimum Gasteiger partial charge on any atom is -0.493 e. The van der Waals surface area contributed by atoms with E-state index in [0.29, 0.717) is 19.4 Å². The average molecular weight is 287 g/mol. The number of hydrogen-bond acceptors (Lipinski definition) is 3. The number of rotatable bonds is 8. The predicted octanol–water partition coefficient (Wildman–Crippen LogP) is 2.58. The molecule has 20 heavy (non-hydrogen) atoms. The Hall–Kier alpha value is -1.69. The molecule has 1 atom stereocenters. The number of halogens is 2. The van der Waals surface area contributed by atoms with Crippen molar-refractivity contribution in [1.29, 1.82) is 0 Å². The number of aliphatic carboxylic acids is 1. The molecule has 0 spiro atoms.